The number of phenolic OH excluding ortho intramolecular Hbond substituents is 1. The van der Waals surface area contributed by atoms with Crippen LogP contribution in [0.25, 0.3) is 0 Å². The van der Waals surface area contributed by atoms with Crippen LogP contribution in [0.5, 0.6) is 5.75 Å². The zero-order chi connectivity index (χ0) is 20.6. The molecule has 0 aliphatic heterocycles. The summed E-state index contributed by atoms with van der Waals surface area (Å²) in [5, 5.41) is 19.0. The third kappa shape index (κ3) is 7.55. The van der Waals surface area contributed by atoms with Crippen molar-refractivity contribution in [2.75, 3.05) is 6.61 Å². The van der Waals surface area contributed by atoms with Crippen molar-refractivity contribution < 1.29 is 34.1 Å². The van der Waals surface area contributed by atoms with E-state index >= 15 is 0 Å². The highest BCUT2D eigenvalue weighted by atomic mass is 16.6. The second-order valence-electron chi connectivity index (χ2n) is 7.04. The molecule has 1 rings (SSSR count). The number of hydrogen-bond donors (Lipinski definition) is 2. The van der Waals surface area contributed by atoms with Crippen molar-refractivity contribution in [2.45, 2.75) is 58.6 Å². The van der Waals surface area contributed by atoms with Crippen LogP contribution in [0.1, 0.15) is 46.1 Å². The maximum Gasteiger partial charge on any atom is 0.420 e. The van der Waals surface area contributed by atoms with Crippen LogP contribution in [0.3, 0.4) is 0 Å². The van der Waals surface area contributed by atoms with E-state index in [1.54, 1.807) is 20.8 Å². The van der Waals surface area contributed by atoms with Gasteiger partial charge in [-0.3, -0.25) is 0 Å². The van der Waals surface area contributed by atoms with E-state index in [4.69, 9.17) is 9.47 Å². The fourth-order valence-corrected chi connectivity index (χ4v) is 2.16. The van der Waals surface area contributed by atoms with Crippen LogP contribution in [-0.4, -0.2) is 51.5 Å². The first kappa shape index (κ1) is 22.3. The molecule has 0 aromatic heterocycles. The van der Waals surface area contributed by atoms with Gasteiger partial charge >= 0.3 is 18.2 Å². The number of aromatic hydroxyl groups is 1. The van der Waals surface area contributed by atoms with E-state index in [0.29, 0.717) is 16.9 Å². The average molecular weight is 381 g/mol. The summed E-state index contributed by atoms with van der Waals surface area (Å²) in [5.41, 5.74) is -0.393. The topological polar surface area (TPSA) is 113 Å². The molecular weight excluding hydrogens is 354 g/mol. The van der Waals surface area contributed by atoms with E-state index in [-0.39, 0.29) is 18.8 Å². The zero-order valence-electron chi connectivity index (χ0n) is 16.1. The third-order valence-electron chi connectivity index (χ3n) is 3.47. The van der Waals surface area contributed by atoms with Gasteiger partial charge in [0.05, 0.1) is 6.61 Å². The molecule has 2 N–H and O–H groups in total. The predicted octanol–water partition coefficient (Wildman–Crippen LogP) is 3.56. The molecule has 0 spiro atoms. The molecule has 0 fully saturated rings. The third-order valence-corrected chi connectivity index (χ3v) is 3.47. The number of aliphatic carboxylic acids is 1. The van der Waals surface area contributed by atoms with Crippen molar-refractivity contribution in [3.8, 4) is 5.75 Å². The first-order chi connectivity index (χ1) is 12.5. The number of amides is 2. The minimum Gasteiger partial charge on any atom is -0.508 e. The first-order valence-electron chi connectivity index (χ1n) is 8.74. The molecule has 2 amide bonds. The van der Waals surface area contributed by atoms with Crippen LogP contribution >= 0.6 is 0 Å². The zero-order valence-corrected chi connectivity index (χ0v) is 16.1. The fourth-order valence-electron chi connectivity index (χ4n) is 2.16. The molecule has 0 radical (unpaired) electrons. The standard InChI is InChI=1S/C19H27NO7/c1-5-6-11-26-17(24)20(18(25)27-19(2,3)4)15(16(22)23)12-13-7-9-14(21)10-8-13/h7-10,15,21H,5-6,11-12H2,1-4H3,(H,22,23)/t15-/m0/s1. The summed E-state index contributed by atoms with van der Waals surface area (Å²) >= 11 is 0. The lowest BCUT2D eigenvalue weighted by molar-refractivity contribution is -0.142. The average Bonchev–Trinajstić information content (AvgIpc) is 2.54. The highest BCUT2D eigenvalue weighted by Crippen LogP contribution is 2.18. The number of hydrogen-bond acceptors (Lipinski definition) is 6. The van der Waals surface area contributed by atoms with Gasteiger partial charge in [-0.25, -0.2) is 14.4 Å². The van der Waals surface area contributed by atoms with E-state index in [1.165, 1.54) is 24.3 Å². The van der Waals surface area contributed by atoms with E-state index in [9.17, 15) is 24.6 Å². The van der Waals surface area contributed by atoms with E-state index in [0.717, 1.165) is 6.42 Å². The van der Waals surface area contributed by atoms with E-state index < -0.39 is 29.8 Å². The van der Waals surface area contributed by atoms with Crippen LogP contribution in [0, 0.1) is 0 Å². The number of imide groups is 1. The van der Waals surface area contributed by atoms with Gasteiger partial charge in [0.1, 0.15) is 17.4 Å². The number of rotatable bonds is 7. The van der Waals surface area contributed by atoms with Gasteiger partial charge in [-0.15, -0.1) is 0 Å². The van der Waals surface area contributed by atoms with Gasteiger partial charge in [0.15, 0.2) is 0 Å². The van der Waals surface area contributed by atoms with Gasteiger partial charge in [0.25, 0.3) is 0 Å². The highest BCUT2D eigenvalue weighted by molar-refractivity contribution is 5.93. The number of ether oxygens (including phenoxy) is 2. The molecule has 150 valence electrons. The maximum atomic E-state index is 12.5. The Morgan fingerprint density at radius 2 is 1.70 bits per heavy atom. The second kappa shape index (κ2) is 9.80. The Hall–Kier alpha value is -2.77. The lowest BCUT2D eigenvalue weighted by Gasteiger charge is -2.29. The van der Waals surface area contributed by atoms with Gasteiger partial charge in [-0.05, 0) is 44.9 Å². The van der Waals surface area contributed by atoms with Gasteiger partial charge < -0.3 is 19.7 Å². The minimum absolute atomic E-state index is 0.0219. The van der Waals surface area contributed by atoms with E-state index in [1.807, 2.05) is 6.92 Å². The Morgan fingerprint density at radius 1 is 1.11 bits per heavy atom. The Morgan fingerprint density at radius 3 is 2.19 bits per heavy atom. The molecule has 0 aliphatic carbocycles. The molecule has 0 aliphatic rings. The van der Waals surface area contributed by atoms with Crippen LogP contribution in [0.4, 0.5) is 9.59 Å². The summed E-state index contributed by atoms with van der Waals surface area (Å²) in [6, 6.07) is 4.30. The molecule has 0 saturated heterocycles. The Kier molecular flexibility index (Phi) is 8.08. The van der Waals surface area contributed by atoms with Gasteiger partial charge in [0.2, 0.25) is 0 Å². The molecule has 1 aromatic rings. The smallest absolute Gasteiger partial charge is 0.420 e. The molecule has 1 atom stereocenters. The Balaban J connectivity index is 3.12. The Bertz CT molecular complexity index is 649. The van der Waals surface area contributed by atoms with E-state index in [2.05, 4.69) is 0 Å². The molecule has 0 heterocycles. The number of carbonyl (C=O) groups is 3. The van der Waals surface area contributed by atoms with Crippen molar-refractivity contribution in [1.29, 1.82) is 0 Å². The van der Waals surface area contributed by atoms with Gasteiger partial charge in [0, 0.05) is 6.42 Å². The minimum atomic E-state index is -1.52. The first-order valence-corrected chi connectivity index (χ1v) is 8.74. The number of carbonyl (C=O) groups excluding carboxylic acids is 2. The lowest BCUT2D eigenvalue weighted by Crippen LogP contribution is -2.51. The largest absolute Gasteiger partial charge is 0.508 e. The number of carboxylic acid groups (broad SMARTS) is 1. The Labute approximate surface area is 158 Å². The predicted molar refractivity (Wildman–Crippen MR) is 97.6 cm³/mol. The monoisotopic (exact) mass is 381 g/mol. The molecule has 27 heavy (non-hydrogen) atoms. The van der Waals surface area contributed by atoms with Crippen LogP contribution in [-0.2, 0) is 20.7 Å². The lowest BCUT2D eigenvalue weighted by atomic mass is 10.0. The second-order valence-corrected chi connectivity index (χ2v) is 7.04. The molecule has 1 aromatic carbocycles. The number of nitrogens with zero attached hydrogens (tertiary/aromatic N) is 1. The quantitative estimate of drug-likeness (QED) is 0.694. The molecule has 0 bridgehead atoms. The van der Waals surface area contributed by atoms with Crippen molar-refractivity contribution in [3.63, 3.8) is 0 Å². The number of unbranched alkanes of at least 4 members (excludes halogenated alkanes) is 1. The molecular formula is C19H27NO7. The number of carboxylic acids is 1. The number of phenols is 1. The normalized spacial score (nSPS) is 12.1. The fraction of sp³-hybridized carbons (Fsp3) is 0.526. The van der Waals surface area contributed by atoms with Gasteiger partial charge in [-0.2, -0.15) is 4.90 Å². The molecule has 0 saturated carbocycles. The van der Waals surface area contributed by atoms with Crippen LogP contribution in [0.2, 0.25) is 0 Å². The molecule has 8 heteroatoms. The summed E-state index contributed by atoms with van der Waals surface area (Å²) in [6.45, 7) is 6.81. The SMILES string of the molecule is CCCCOC(=O)N(C(=O)OC(C)(C)C)[C@@H](Cc1ccc(O)cc1)C(=O)O. The van der Waals surface area contributed by atoms with Crippen LogP contribution in [0.15, 0.2) is 24.3 Å². The highest BCUT2D eigenvalue weighted by Gasteiger charge is 2.39. The van der Waals surface area contributed by atoms with Crippen molar-refractivity contribution in [1.82, 2.24) is 4.90 Å². The van der Waals surface area contributed by atoms with Crippen molar-refractivity contribution >= 4 is 18.2 Å². The summed E-state index contributed by atoms with van der Waals surface area (Å²) in [4.78, 5) is 37.3. The van der Waals surface area contributed by atoms with Gasteiger partial charge in [-0.1, -0.05) is 25.5 Å². The summed E-state index contributed by atoms with van der Waals surface area (Å²) in [5.74, 6) is -1.35. The van der Waals surface area contributed by atoms with Crippen molar-refractivity contribution in [2.24, 2.45) is 0 Å². The summed E-state index contributed by atoms with van der Waals surface area (Å²) < 4.78 is 10.2. The summed E-state index contributed by atoms with van der Waals surface area (Å²) in [6.07, 6.45) is -0.948. The molecule has 8 nitrogen and oxygen atoms in total. The summed E-state index contributed by atoms with van der Waals surface area (Å²) in [7, 11) is 0. The van der Waals surface area contributed by atoms with Crippen LogP contribution < -0.4 is 0 Å². The maximum absolute atomic E-state index is 12.5. The van der Waals surface area contributed by atoms with Crippen molar-refractivity contribution in [3.05, 3.63) is 29.8 Å². The molecule has 0 unspecified atom stereocenters. The number of benzene rings is 1.